The van der Waals surface area contributed by atoms with Crippen LogP contribution in [0.5, 0.6) is 5.75 Å². The van der Waals surface area contributed by atoms with Gasteiger partial charge >= 0.3 is 0 Å². The van der Waals surface area contributed by atoms with E-state index in [0.717, 1.165) is 54.0 Å². The van der Waals surface area contributed by atoms with Crippen molar-refractivity contribution in [1.29, 1.82) is 0 Å². The minimum absolute atomic E-state index is 0.821. The maximum absolute atomic E-state index is 5.99. The van der Waals surface area contributed by atoms with Crippen molar-refractivity contribution in [2.24, 2.45) is 11.8 Å². The van der Waals surface area contributed by atoms with Crippen LogP contribution >= 0.6 is 0 Å². The molecule has 0 atom stereocenters. The molecule has 3 rings (SSSR count). The number of unbranched alkanes of at least 4 members (excludes halogenated alkanes) is 4. The first-order chi connectivity index (χ1) is 15.3. The zero-order valence-corrected chi connectivity index (χ0v) is 19.8. The highest BCUT2D eigenvalue weighted by Crippen LogP contribution is 2.34. The number of nitrogens with zero attached hydrogens (tertiary/aromatic N) is 2. The number of hydrogen-bond acceptors (Lipinski definition) is 3. The molecule has 0 N–H and O–H groups in total. The van der Waals surface area contributed by atoms with E-state index in [-0.39, 0.29) is 0 Å². The van der Waals surface area contributed by atoms with Gasteiger partial charge in [-0.15, -0.1) is 0 Å². The zero-order chi connectivity index (χ0) is 21.7. The van der Waals surface area contributed by atoms with E-state index in [9.17, 15) is 0 Å². The van der Waals surface area contributed by atoms with Gasteiger partial charge in [-0.25, -0.2) is 0 Å². The first-order valence-electron chi connectivity index (χ1n) is 12.8. The van der Waals surface area contributed by atoms with Gasteiger partial charge < -0.3 is 4.74 Å². The Balaban J connectivity index is 1.28. The van der Waals surface area contributed by atoms with Crippen molar-refractivity contribution < 1.29 is 4.74 Å². The largest absolute Gasteiger partial charge is 0.494 e. The lowest BCUT2D eigenvalue weighted by atomic mass is 9.78. The third-order valence-electron chi connectivity index (χ3n) is 6.93. The van der Waals surface area contributed by atoms with Crippen LogP contribution in [-0.2, 0) is 6.42 Å². The third-order valence-corrected chi connectivity index (χ3v) is 6.93. The van der Waals surface area contributed by atoms with E-state index in [2.05, 4.69) is 48.1 Å². The first kappa shape index (κ1) is 23.8. The fourth-order valence-corrected chi connectivity index (χ4v) is 4.82. The molecule has 1 saturated carbocycles. The Labute approximate surface area is 190 Å². The van der Waals surface area contributed by atoms with Crippen molar-refractivity contribution in [2.75, 3.05) is 6.61 Å². The molecule has 0 spiro atoms. The number of hydrogen-bond donors (Lipinski definition) is 0. The molecule has 1 aliphatic rings. The standard InChI is InChI=1S/C28H42N2O/c1-3-5-6-7-8-10-23-12-14-24(15-13-23)11-9-20-31-27-18-16-25(17-19-27)28-22-29-26(4-2)21-30-28/h16-19,21-24H,3-15,20H2,1-2H3/t23-,24-. The molecular weight excluding hydrogens is 380 g/mol. The molecule has 0 unspecified atom stereocenters. The van der Waals surface area contributed by atoms with Crippen LogP contribution in [0.15, 0.2) is 36.7 Å². The van der Waals surface area contributed by atoms with Gasteiger partial charge in [-0.1, -0.05) is 78.1 Å². The van der Waals surface area contributed by atoms with E-state index >= 15 is 0 Å². The summed E-state index contributed by atoms with van der Waals surface area (Å²) in [5.74, 6) is 2.89. The fourth-order valence-electron chi connectivity index (χ4n) is 4.82. The lowest BCUT2D eigenvalue weighted by Crippen LogP contribution is -2.15. The predicted octanol–water partition coefficient (Wildman–Crippen LogP) is 8.03. The zero-order valence-electron chi connectivity index (χ0n) is 19.8. The Morgan fingerprint density at radius 2 is 1.45 bits per heavy atom. The van der Waals surface area contributed by atoms with Crippen LogP contribution in [0.25, 0.3) is 11.3 Å². The summed E-state index contributed by atoms with van der Waals surface area (Å²) >= 11 is 0. The average molecular weight is 423 g/mol. The molecule has 0 aliphatic heterocycles. The smallest absolute Gasteiger partial charge is 0.119 e. The van der Waals surface area contributed by atoms with Gasteiger partial charge in [-0.2, -0.15) is 0 Å². The Morgan fingerprint density at radius 3 is 2.06 bits per heavy atom. The molecule has 3 heteroatoms. The second-order valence-electron chi connectivity index (χ2n) is 9.35. The highest BCUT2D eigenvalue weighted by atomic mass is 16.5. The maximum Gasteiger partial charge on any atom is 0.119 e. The van der Waals surface area contributed by atoms with Gasteiger partial charge in [0.05, 0.1) is 24.2 Å². The van der Waals surface area contributed by atoms with Gasteiger partial charge in [0.2, 0.25) is 0 Å². The van der Waals surface area contributed by atoms with Gasteiger partial charge in [0.25, 0.3) is 0 Å². The molecule has 1 fully saturated rings. The Kier molecular flexibility index (Phi) is 10.3. The number of aromatic nitrogens is 2. The molecule has 0 saturated heterocycles. The fraction of sp³-hybridized carbons (Fsp3) is 0.643. The van der Waals surface area contributed by atoms with Crippen LogP contribution in [0.1, 0.15) is 96.6 Å². The molecule has 0 radical (unpaired) electrons. The normalized spacial score (nSPS) is 18.8. The van der Waals surface area contributed by atoms with Crippen molar-refractivity contribution >= 4 is 0 Å². The summed E-state index contributed by atoms with van der Waals surface area (Å²) in [6.07, 6.45) is 21.5. The van der Waals surface area contributed by atoms with E-state index in [1.165, 1.54) is 70.6 Å². The quantitative estimate of drug-likeness (QED) is 0.306. The molecule has 3 nitrogen and oxygen atoms in total. The third kappa shape index (κ3) is 8.27. The molecule has 2 aromatic rings. The lowest BCUT2D eigenvalue weighted by Gasteiger charge is -2.28. The molecule has 31 heavy (non-hydrogen) atoms. The molecule has 1 aliphatic carbocycles. The van der Waals surface area contributed by atoms with Gasteiger partial charge in [0.15, 0.2) is 0 Å². The molecule has 0 amide bonds. The Morgan fingerprint density at radius 1 is 0.774 bits per heavy atom. The Bertz CT molecular complexity index is 718. The number of benzene rings is 1. The minimum atomic E-state index is 0.821. The first-order valence-corrected chi connectivity index (χ1v) is 12.8. The second kappa shape index (κ2) is 13.5. The van der Waals surface area contributed by atoms with Gasteiger partial charge in [0, 0.05) is 11.8 Å². The van der Waals surface area contributed by atoms with Crippen molar-refractivity contribution in [2.45, 2.75) is 97.3 Å². The Hall–Kier alpha value is -1.90. The van der Waals surface area contributed by atoms with Gasteiger partial charge in [-0.3, -0.25) is 9.97 Å². The summed E-state index contributed by atoms with van der Waals surface area (Å²) in [5.41, 5.74) is 3.03. The maximum atomic E-state index is 5.99. The van der Waals surface area contributed by atoms with Gasteiger partial charge in [0.1, 0.15) is 5.75 Å². The molecule has 1 aromatic heterocycles. The number of ether oxygens (including phenoxy) is 1. The van der Waals surface area contributed by atoms with Crippen molar-refractivity contribution in [3.63, 3.8) is 0 Å². The molecular formula is C28H42N2O. The van der Waals surface area contributed by atoms with Crippen LogP contribution < -0.4 is 4.74 Å². The van der Waals surface area contributed by atoms with Crippen molar-refractivity contribution in [3.05, 3.63) is 42.4 Å². The highest BCUT2D eigenvalue weighted by Gasteiger charge is 2.20. The summed E-state index contributed by atoms with van der Waals surface area (Å²) in [6.45, 7) is 5.21. The minimum Gasteiger partial charge on any atom is -0.494 e. The predicted molar refractivity (Wildman–Crippen MR) is 130 cm³/mol. The summed E-state index contributed by atoms with van der Waals surface area (Å²) in [5, 5.41) is 0. The number of aryl methyl sites for hydroxylation is 1. The molecule has 1 aromatic carbocycles. The SMILES string of the molecule is CCCCCCC[C@H]1CC[C@H](CCCOc2ccc(-c3cnc(CC)cn3)cc2)CC1. The van der Waals surface area contributed by atoms with E-state index in [1.807, 2.05) is 12.4 Å². The molecule has 170 valence electrons. The van der Waals surface area contributed by atoms with E-state index in [4.69, 9.17) is 4.74 Å². The number of rotatable bonds is 13. The summed E-state index contributed by atoms with van der Waals surface area (Å²) in [4.78, 5) is 8.94. The lowest BCUT2D eigenvalue weighted by molar-refractivity contribution is 0.228. The van der Waals surface area contributed by atoms with Crippen LogP contribution in [0, 0.1) is 11.8 Å². The van der Waals surface area contributed by atoms with Crippen LogP contribution in [0.4, 0.5) is 0 Å². The van der Waals surface area contributed by atoms with Crippen molar-refractivity contribution in [1.82, 2.24) is 9.97 Å². The van der Waals surface area contributed by atoms with E-state index in [1.54, 1.807) is 0 Å². The van der Waals surface area contributed by atoms with Crippen molar-refractivity contribution in [3.8, 4) is 17.0 Å². The molecule has 1 heterocycles. The highest BCUT2D eigenvalue weighted by molar-refractivity contribution is 5.58. The molecule has 0 bridgehead atoms. The monoisotopic (exact) mass is 422 g/mol. The summed E-state index contributed by atoms with van der Waals surface area (Å²) in [6, 6.07) is 8.26. The van der Waals surface area contributed by atoms with E-state index in [0.29, 0.717) is 0 Å². The second-order valence-corrected chi connectivity index (χ2v) is 9.35. The van der Waals surface area contributed by atoms with Crippen LogP contribution in [0.3, 0.4) is 0 Å². The van der Waals surface area contributed by atoms with Gasteiger partial charge in [-0.05, 0) is 55.4 Å². The summed E-state index contributed by atoms with van der Waals surface area (Å²) < 4.78 is 5.99. The summed E-state index contributed by atoms with van der Waals surface area (Å²) in [7, 11) is 0. The van der Waals surface area contributed by atoms with Crippen LogP contribution in [-0.4, -0.2) is 16.6 Å². The topological polar surface area (TPSA) is 35.0 Å². The average Bonchev–Trinajstić information content (AvgIpc) is 2.83. The van der Waals surface area contributed by atoms with E-state index < -0.39 is 0 Å². The van der Waals surface area contributed by atoms with Crippen LogP contribution in [0.2, 0.25) is 0 Å².